The fourth-order valence-electron chi connectivity index (χ4n) is 3.67. The van der Waals surface area contributed by atoms with Crippen LogP contribution >= 0.6 is 22.7 Å². The molecule has 148 valence electrons. The molecule has 10 heteroatoms. The van der Waals surface area contributed by atoms with Crippen molar-refractivity contribution in [3.63, 3.8) is 0 Å². The highest BCUT2D eigenvalue weighted by molar-refractivity contribution is 7.24. The van der Waals surface area contributed by atoms with E-state index < -0.39 is 0 Å². The lowest BCUT2D eigenvalue weighted by Crippen LogP contribution is -2.53. The summed E-state index contributed by atoms with van der Waals surface area (Å²) in [6, 6.07) is 11.5. The molecule has 2 aromatic heterocycles. The first-order valence-electron chi connectivity index (χ1n) is 9.30. The molecule has 29 heavy (non-hydrogen) atoms. The van der Waals surface area contributed by atoms with Crippen LogP contribution in [0.25, 0.3) is 16.0 Å². The molecule has 5 rings (SSSR count). The standard InChI is InChI=1S/C19H18N6O2S2/c26-25(27)17-8-6-15(28-17)18-21-22-19(29-18)24-14-4-2-1-3-13(14)5-7-16(24)23-11-9-20-10-12-23/h1-8,16,20H,9-12H2. The van der Waals surface area contributed by atoms with Crippen LogP contribution in [0.5, 0.6) is 0 Å². The number of thiophene rings is 1. The van der Waals surface area contributed by atoms with E-state index in [4.69, 9.17) is 0 Å². The smallest absolute Gasteiger partial charge is 0.314 e. The van der Waals surface area contributed by atoms with Crippen molar-refractivity contribution in [2.24, 2.45) is 0 Å². The highest BCUT2D eigenvalue weighted by Gasteiger charge is 2.32. The molecule has 1 fully saturated rings. The van der Waals surface area contributed by atoms with Gasteiger partial charge < -0.3 is 5.32 Å². The molecular weight excluding hydrogens is 408 g/mol. The van der Waals surface area contributed by atoms with Crippen molar-refractivity contribution in [1.82, 2.24) is 20.4 Å². The van der Waals surface area contributed by atoms with Gasteiger partial charge in [-0.3, -0.25) is 19.9 Å². The molecule has 0 spiro atoms. The first-order chi connectivity index (χ1) is 14.2. The molecule has 0 radical (unpaired) electrons. The van der Waals surface area contributed by atoms with Gasteiger partial charge in [-0.15, -0.1) is 10.2 Å². The van der Waals surface area contributed by atoms with Crippen LogP contribution in [0.1, 0.15) is 5.56 Å². The number of benzene rings is 1. The summed E-state index contributed by atoms with van der Waals surface area (Å²) < 4.78 is 0. The molecule has 1 aromatic carbocycles. The second kappa shape index (κ2) is 7.64. The van der Waals surface area contributed by atoms with Gasteiger partial charge in [-0.2, -0.15) is 0 Å². The lowest BCUT2D eigenvalue weighted by atomic mass is 10.1. The number of fused-ring (bicyclic) bond motifs is 1. The van der Waals surface area contributed by atoms with Gasteiger partial charge in [-0.25, -0.2) is 0 Å². The fraction of sp³-hybridized carbons (Fsp3) is 0.263. The average molecular weight is 427 g/mol. The first-order valence-corrected chi connectivity index (χ1v) is 10.9. The number of nitrogens with one attached hydrogen (secondary N) is 1. The van der Waals surface area contributed by atoms with E-state index in [1.54, 1.807) is 6.07 Å². The third-order valence-electron chi connectivity index (χ3n) is 5.04. The van der Waals surface area contributed by atoms with Gasteiger partial charge in [0.25, 0.3) is 0 Å². The Hall–Kier alpha value is -2.66. The van der Waals surface area contributed by atoms with E-state index in [1.807, 2.05) is 12.1 Å². The summed E-state index contributed by atoms with van der Waals surface area (Å²) in [4.78, 5) is 16.1. The van der Waals surface area contributed by atoms with Gasteiger partial charge in [-0.05, 0) is 23.8 Å². The van der Waals surface area contributed by atoms with Gasteiger partial charge in [0.15, 0.2) is 5.01 Å². The molecule has 0 bridgehead atoms. The lowest BCUT2D eigenvalue weighted by Gasteiger charge is -2.42. The second-order valence-electron chi connectivity index (χ2n) is 6.77. The fourth-order valence-corrected chi connectivity index (χ4v) is 5.43. The molecule has 0 aliphatic carbocycles. The van der Waals surface area contributed by atoms with Crippen molar-refractivity contribution in [3.05, 3.63) is 58.2 Å². The molecule has 2 aliphatic heterocycles. The minimum Gasteiger partial charge on any atom is -0.314 e. The van der Waals surface area contributed by atoms with E-state index >= 15 is 0 Å². The van der Waals surface area contributed by atoms with Crippen molar-refractivity contribution in [2.75, 3.05) is 31.1 Å². The molecular formula is C19H18N6O2S2. The van der Waals surface area contributed by atoms with Gasteiger partial charge in [-0.1, -0.05) is 46.9 Å². The van der Waals surface area contributed by atoms with Crippen LogP contribution in [0, 0.1) is 10.1 Å². The summed E-state index contributed by atoms with van der Waals surface area (Å²) in [6.45, 7) is 3.83. The van der Waals surface area contributed by atoms with Gasteiger partial charge in [0, 0.05) is 32.2 Å². The SMILES string of the molecule is O=[N+]([O-])c1ccc(-c2nnc(N3c4ccccc4C=CC3N3CCNCC3)s2)s1. The predicted octanol–water partition coefficient (Wildman–Crippen LogP) is 3.57. The summed E-state index contributed by atoms with van der Waals surface area (Å²) in [7, 11) is 0. The van der Waals surface area contributed by atoms with Crippen LogP contribution in [0.15, 0.2) is 42.5 Å². The van der Waals surface area contributed by atoms with Crippen LogP contribution in [0.2, 0.25) is 0 Å². The molecule has 1 saturated heterocycles. The number of para-hydroxylation sites is 1. The number of rotatable bonds is 4. The number of piperazine rings is 1. The van der Waals surface area contributed by atoms with Crippen molar-refractivity contribution >= 4 is 44.6 Å². The predicted molar refractivity (Wildman–Crippen MR) is 116 cm³/mol. The highest BCUT2D eigenvalue weighted by atomic mass is 32.1. The zero-order valence-electron chi connectivity index (χ0n) is 15.4. The maximum atomic E-state index is 11.0. The Kier molecular flexibility index (Phi) is 4.84. The van der Waals surface area contributed by atoms with Crippen molar-refractivity contribution < 1.29 is 4.92 Å². The van der Waals surface area contributed by atoms with E-state index in [0.717, 1.165) is 58.8 Å². The van der Waals surface area contributed by atoms with Gasteiger partial charge in [0.05, 0.1) is 15.5 Å². The summed E-state index contributed by atoms with van der Waals surface area (Å²) >= 11 is 2.59. The minimum atomic E-state index is -0.373. The number of nitrogens with zero attached hydrogens (tertiary/aromatic N) is 5. The highest BCUT2D eigenvalue weighted by Crippen LogP contribution is 2.41. The van der Waals surface area contributed by atoms with E-state index in [-0.39, 0.29) is 16.1 Å². The zero-order valence-corrected chi connectivity index (χ0v) is 17.0. The van der Waals surface area contributed by atoms with E-state index in [2.05, 4.69) is 49.6 Å². The van der Waals surface area contributed by atoms with Crippen LogP contribution in [0.4, 0.5) is 15.8 Å². The Balaban J connectivity index is 1.53. The van der Waals surface area contributed by atoms with Crippen molar-refractivity contribution in [3.8, 4) is 9.88 Å². The Morgan fingerprint density at radius 3 is 2.72 bits per heavy atom. The summed E-state index contributed by atoms with van der Waals surface area (Å²) in [5.41, 5.74) is 2.24. The third-order valence-corrected chi connectivity index (χ3v) is 7.17. The number of aromatic nitrogens is 2. The zero-order chi connectivity index (χ0) is 19.8. The largest absolute Gasteiger partial charge is 0.324 e. The quantitative estimate of drug-likeness (QED) is 0.504. The second-order valence-corrected chi connectivity index (χ2v) is 8.79. The van der Waals surface area contributed by atoms with Crippen LogP contribution < -0.4 is 10.2 Å². The molecule has 1 atom stereocenters. The molecule has 3 aromatic rings. The summed E-state index contributed by atoms with van der Waals surface area (Å²) in [5.74, 6) is 0. The number of nitro groups is 1. The third kappa shape index (κ3) is 3.44. The first kappa shape index (κ1) is 18.4. The summed E-state index contributed by atoms with van der Waals surface area (Å²) in [6.07, 6.45) is 4.44. The van der Waals surface area contributed by atoms with E-state index in [1.165, 1.54) is 17.4 Å². The van der Waals surface area contributed by atoms with Crippen molar-refractivity contribution in [2.45, 2.75) is 6.17 Å². The van der Waals surface area contributed by atoms with E-state index in [9.17, 15) is 10.1 Å². The summed E-state index contributed by atoms with van der Waals surface area (Å²) in [5, 5.41) is 24.8. The number of hydrogen-bond donors (Lipinski definition) is 1. The van der Waals surface area contributed by atoms with Crippen LogP contribution in [-0.4, -0.2) is 52.4 Å². The lowest BCUT2D eigenvalue weighted by molar-refractivity contribution is -0.380. The molecule has 0 saturated carbocycles. The average Bonchev–Trinajstić information content (AvgIpc) is 3.43. The van der Waals surface area contributed by atoms with E-state index in [0.29, 0.717) is 5.01 Å². The number of hydrogen-bond acceptors (Lipinski definition) is 9. The molecule has 1 N–H and O–H groups in total. The molecule has 8 nitrogen and oxygen atoms in total. The topological polar surface area (TPSA) is 87.4 Å². The number of anilines is 2. The Morgan fingerprint density at radius 1 is 1.10 bits per heavy atom. The Bertz CT molecular complexity index is 1070. The van der Waals surface area contributed by atoms with Crippen LogP contribution in [0.3, 0.4) is 0 Å². The maximum Gasteiger partial charge on any atom is 0.324 e. The van der Waals surface area contributed by atoms with Gasteiger partial charge in [0.2, 0.25) is 5.13 Å². The molecule has 4 heterocycles. The van der Waals surface area contributed by atoms with Gasteiger partial charge >= 0.3 is 5.00 Å². The minimum absolute atomic E-state index is 0.0606. The molecule has 0 amide bonds. The molecule has 1 unspecified atom stereocenters. The monoisotopic (exact) mass is 426 g/mol. The Labute approximate surface area is 175 Å². The molecule has 2 aliphatic rings. The van der Waals surface area contributed by atoms with Crippen LogP contribution in [-0.2, 0) is 0 Å². The van der Waals surface area contributed by atoms with Gasteiger partial charge in [0.1, 0.15) is 6.17 Å². The van der Waals surface area contributed by atoms with Crippen molar-refractivity contribution in [1.29, 1.82) is 0 Å². The Morgan fingerprint density at radius 2 is 1.93 bits per heavy atom. The normalized spacial score (nSPS) is 19.3. The maximum absolute atomic E-state index is 11.0.